The predicted molar refractivity (Wildman–Crippen MR) is 224 cm³/mol. The van der Waals surface area contributed by atoms with Crippen molar-refractivity contribution in [2.45, 2.75) is 72.1 Å². The normalized spacial score (nSPS) is 12.6. The number of fused-ring (bicyclic) bond motifs is 4. The Hall–Kier alpha value is -4.36. The number of benzene rings is 4. The molecule has 0 amide bonds. The molecule has 0 aliphatic carbocycles. The van der Waals surface area contributed by atoms with Crippen LogP contribution in [0.5, 0.6) is 0 Å². The monoisotopic (exact) mass is 953 g/mol. The van der Waals surface area contributed by atoms with Gasteiger partial charge in [-0.15, -0.1) is 18.2 Å². The summed E-state index contributed by atoms with van der Waals surface area (Å²) in [7, 11) is 0. The molecule has 277 valence electrons. The van der Waals surface area contributed by atoms with Crippen molar-refractivity contribution in [3.63, 3.8) is 0 Å². The number of imidazole rings is 1. The summed E-state index contributed by atoms with van der Waals surface area (Å²) in [5, 5.41) is 2.03. The Balaban J connectivity index is 0.000000198. The van der Waals surface area contributed by atoms with Crippen molar-refractivity contribution in [1.82, 2.24) is 19.5 Å². The van der Waals surface area contributed by atoms with Gasteiger partial charge in [0.05, 0.1) is 22.4 Å². The van der Waals surface area contributed by atoms with E-state index in [0.717, 1.165) is 71.4 Å². The fourth-order valence-corrected chi connectivity index (χ4v) is 10.0. The van der Waals surface area contributed by atoms with Crippen LogP contribution in [0.4, 0.5) is 0 Å². The second-order valence-corrected chi connectivity index (χ2v) is 26.6. The van der Waals surface area contributed by atoms with Crippen LogP contribution in [0.2, 0.25) is 17.3 Å². The van der Waals surface area contributed by atoms with Crippen LogP contribution in [0.15, 0.2) is 102 Å². The molecule has 4 heterocycles. The Morgan fingerprint density at radius 2 is 1.54 bits per heavy atom. The molecule has 8 rings (SSSR count). The molecule has 0 bridgehead atoms. The fourth-order valence-electron chi connectivity index (χ4n) is 7.09. The molecule has 8 aromatic rings. The molecule has 4 aromatic carbocycles. The van der Waals surface area contributed by atoms with Gasteiger partial charge in [0.1, 0.15) is 0 Å². The Morgan fingerprint density at radius 3 is 2.22 bits per heavy atom. The quantitative estimate of drug-likeness (QED) is 0.127. The van der Waals surface area contributed by atoms with Gasteiger partial charge < -0.3 is 8.98 Å². The van der Waals surface area contributed by atoms with Gasteiger partial charge in [0.25, 0.3) is 0 Å². The Labute approximate surface area is 338 Å². The van der Waals surface area contributed by atoms with Crippen LogP contribution >= 0.6 is 0 Å². The summed E-state index contributed by atoms with van der Waals surface area (Å²) in [4.78, 5) is 14.3. The molecule has 0 atom stereocenters. The number of hydrogen-bond acceptors (Lipinski definition) is 4. The number of nitrogens with zero attached hydrogens (tertiary/aromatic N) is 4. The molecule has 7 heteroatoms. The maximum absolute atomic E-state index is 8.76. The molecule has 0 aliphatic rings. The third-order valence-electron chi connectivity index (χ3n) is 9.29. The molecule has 0 fully saturated rings. The standard InChI is InChI=1S/C28H22N3O.C19H26GeN.Ir/c1-16-14-17(2)25(18(3)15-16)31-24-11-6-5-10-23(24)30-27(31)22-9-7-8-20-21-13-12-19(4)29-28(21)32-26(20)22;1-19(2,3)13-16-12-18(15-10-8-7-9-11-15)21-14-17(16)20(4,5)6;/h5-8,10-15H,1-4H3;7-10,12,14H,13H2,1-6H3;/q2*-1;/i;13D2;. The summed E-state index contributed by atoms with van der Waals surface area (Å²) in [6, 6.07) is 37.1. The zero-order valence-electron chi connectivity index (χ0n) is 34.8. The number of para-hydroxylation sites is 2. The van der Waals surface area contributed by atoms with Crippen LogP contribution < -0.4 is 4.40 Å². The van der Waals surface area contributed by atoms with E-state index in [4.69, 9.17) is 12.1 Å². The van der Waals surface area contributed by atoms with Gasteiger partial charge in [0.2, 0.25) is 5.71 Å². The van der Waals surface area contributed by atoms with Crippen molar-refractivity contribution >= 4 is 50.8 Å². The van der Waals surface area contributed by atoms with E-state index in [0.29, 0.717) is 5.71 Å². The molecule has 1 radical (unpaired) electrons. The van der Waals surface area contributed by atoms with E-state index >= 15 is 0 Å². The first-order valence-corrected chi connectivity index (χ1v) is 25.5. The second-order valence-electron chi connectivity index (χ2n) is 16.0. The van der Waals surface area contributed by atoms with Crippen LogP contribution in [0, 0.1) is 45.2 Å². The molecule has 0 saturated heterocycles. The minimum Gasteiger partial charge on any atom is 0 e. The van der Waals surface area contributed by atoms with Crippen molar-refractivity contribution in [2.75, 3.05) is 0 Å². The van der Waals surface area contributed by atoms with Crippen molar-refractivity contribution in [3.8, 4) is 28.3 Å². The van der Waals surface area contributed by atoms with Crippen molar-refractivity contribution in [1.29, 1.82) is 0 Å². The average Bonchev–Trinajstić information content (AvgIpc) is 3.69. The summed E-state index contributed by atoms with van der Waals surface area (Å²) >= 11 is -2.24. The van der Waals surface area contributed by atoms with E-state index in [1.54, 1.807) is 0 Å². The number of pyridine rings is 2. The van der Waals surface area contributed by atoms with Crippen LogP contribution in [0.1, 0.15) is 51.5 Å². The molecule has 0 spiro atoms. The number of hydrogen-bond donors (Lipinski definition) is 0. The third-order valence-corrected chi connectivity index (χ3v) is 13.5. The van der Waals surface area contributed by atoms with Crippen LogP contribution in [0.3, 0.4) is 0 Å². The Bertz CT molecular complexity index is 2680. The van der Waals surface area contributed by atoms with Gasteiger partial charge in [-0.1, -0.05) is 40.8 Å². The van der Waals surface area contributed by atoms with E-state index in [-0.39, 0.29) is 20.1 Å². The average molecular weight is 952 g/mol. The molecule has 5 nitrogen and oxygen atoms in total. The maximum Gasteiger partial charge on any atom is 0 e. The molecule has 0 saturated carbocycles. The fraction of sp³-hybridized carbons (Fsp3) is 0.255. The number of rotatable bonds is 5. The largest absolute Gasteiger partial charge is 0 e. The van der Waals surface area contributed by atoms with Crippen LogP contribution in [-0.2, 0) is 26.5 Å². The molecule has 0 N–H and O–H groups in total. The van der Waals surface area contributed by atoms with E-state index < -0.39 is 25.1 Å². The second kappa shape index (κ2) is 15.4. The van der Waals surface area contributed by atoms with Gasteiger partial charge in [-0.2, -0.15) is 0 Å². The summed E-state index contributed by atoms with van der Waals surface area (Å²) in [6.45, 7) is 14.3. The van der Waals surface area contributed by atoms with Crippen molar-refractivity contribution < 1.29 is 27.3 Å². The molecule has 54 heavy (non-hydrogen) atoms. The predicted octanol–water partition coefficient (Wildman–Crippen LogP) is 11.7. The Kier molecular flexibility index (Phi) is 10.4. The van der Waals surface area contributed by atoms with Gasteiger partial charge in [0, 0.05) is 36.9 Å². The van der Waals surface area contributed by atoms with Crippen LogP contribution in [0.25, 0.3) is 61.4 Å². The maximum atomic E-state index is 8.76. The van der Waals surface area contributed by atoms with E-state index in [2.05, 4.69) is 101 Å². The third kappa shape index (κ3) is 8.03. The molecule has 4 aromatic heterocycles. The first kappa shape index (κ1) is 36.6. The summed E-state index contributed by atoms with van der Waals surface area (Å²) in [6.07, 6.45) is 0.502. The molecule has 0 unspecified atom stereocenters. The summed E-state index contributed by atoms with van der Waals surface area (Å²) in [5.41, 5.74) is 12.0. The summed E-state index contributed by atoms with van der Waals surface area (Å²) < 4.78 is 27.2. The van der Waals surface area contributed by atoms with Gasteiger partial charge in [-0.25, -0.2) is 4.98 Å². The first-order chi connectivity index (χ1) is 26.0. The summed E-state index contributed by atoms with van der Waals surface area (Å²) in [5.74, 6) is 7.68. The van der Waals surface area contributed by atoms with Gasteiger partial charge in [-0.3, -0.25) is 4.98 Å². The van der Waals surface area contributed by atoms with Gasteiger partial charge in [-0.05, 0) is 63.1 Å². The smallest absolute Gasteiger partial charge is 0 e. The van der Waals surface area contributed by atoms with Crippen molar-refractivity contribution in [3.05, 3.63) is 137 Å². The first-order valence-electron chi connectivity index (χ1n) is 19.2. The van der Waals surface area contributed by atoms with Crippen LogP contribution in [-0.4, -0.2) is 32.8 Å². The molecular weight excluding hydrogens is 901 g/mol. The Morgan fingerprint density at radius 1 is 0.815 bits per heavy atom. The van der Waals surface area contributed by atoms with E-state index in [1.165, 1.54) is 16.7 Å². The number of aromatic nitrogens is 4. The van der Waals surface area contributed by atoms with Crippen molar-refractivity contribution in [2.24, 2.45) is 5.41 Å². The van der Waals surface area contributed by atoms with Gasteiger partial charge >= 0.3 is 135 Å². The number of furan rings is 1. The number of aryl methyl sites for hydroxylation is 4. The topological polar surface area (TPSA) is 56.7 Å². The van der Waals surface area contributed by atoms with Gasteiger partial charge in [0.15, 0.2) is 0 Å². The SMILES string of the molecule is Cc1cc(C)c(-n2c(-c3[c-]ccc4c3oc3nc(C)ccc34)nc3ccccc32)c(C)c1.[2H]C([2H])(c1cc(-c2[c-]cccc2)nc[c]1[Ge]([CH3])([CH3])[CH3])C(C)(C)C.[Ir]. The minimum atomic E-state index is -2.24. The molecule has 0 aliphatic heterocycles. The van der Waals surface area contributed by atoms with E-state index in [9.17, 15) is 0 Å². The zero-order valence-corrected chi connectivity index (χ0v) is 37.3. The molecular formula is C47H48GeIrN4O-2. The minimum absolute atomic E-state index is 0. The zero-order chi connectivity index (χ0) is 39.4. The van der Waals surface area contributed by atoms with E-state index in [1.807, 2.05) is 88.5 Å².